The topological polar surface area (TPSA) is 3.24 Å². The molecule has 58 valence electrons. The second kappa shape index (κ2) is 3.72. The van der Waals surface area contributed by atoms with E-state index < -0.39 is 0 Å². The average Bonchev–Trinajstić information content (AvgIpc) is 1.94. The molecule has 0 aliphatic heterocycles. The molecule has 1 rings (SSSR count). The van der Waals surface area contributed by atoms with Crippen molar-refractivity contribution < 1.29 is 0 Å². The molecule has 0 atom stereocenters. The zero-order valence-corrected chi connectivity index (χ0v) is 9.61. The Labute approximate surface area is 84.3 Å². The Morgan fingerprint density at radius 2 is 2.00 bits per heavy atom. The van der Waals surface area contributed by atoms with Crippen molar-refractivity contribution in [3.63, 3.8) is 0 Å². The fraction of sp³-hybridized carbons (Fsp3) is 0.286. The summed E-state index contributed by atoms with van der Waals surface area (Å²) in [6.45, 7) is 2.06. The summed E-state index contributed by atoms with van der Waals surface area (Å²) < 4.78 is 2.19. The minimum absolute atomic E-state index is 1.09. The molecule has 0 aromatic carbocycles. The average molecular weight is 277 g/mol. The Morgan fingerprint density at radius 3 is 2.45 bits per heavy atom. The van der Waals surface area contributed by atoms with Crippen LogP contribution in [0, 0.1) is 0 Å². The van der Waals surface area contributed by atoms with Crippen molar-refractivity contribution in [2.45, 2.75) is 0 Å². The molecule has 0 N–H and O–H groups in total. The monoisotopic (exact) mass is 275 g/mol. The van der Waals surface area contributed by atoms with Gasteiger partial charge in [0.15, 0.2) is 0 Å². The van der Waals surface area contributed by atoms with E-state index in [0.717, 1.165) is 8.95 Å². The van der Waals surface area contributed by atoms with Crippen LogP contribution in [0.3, 0.4) is 0 Å². The fourth-order valence-electron chi connectivity index (χ4n) is 0.838. The third kappa shape index (κ3) is 2.06. The van der Waals surface area contributed by atoms with Crippen molar-refractivity contribution in [1.29, 1.82) is 0 Å². The van der Waals surface area contributed by atoms with Gasteiger partial charge in [-0.2, -0.15) is 0 Å². The van der Waals surface area contributed by atoms with Crippen LogP contribution in [-0.4, -0.2) is 21.0 Å². The molecular formula is C7H8BBr2N. The van der Waals surface area contributed by atoms with Crippen LogP contribution in [0.25, 0.3) is 0 Å². The van der Waals surface area contributed by atoms with Crippen LogP contribution in [0.15, 0.2) is 21.0 Å². The van der Waals surface area contributed by atoms with E-state index >= 15 is 0 Å². The van der Waals surface area contributed by atoms with Gasteiger partial charge >= 0.3 is 84.3 Å². The van der Waals surface area contributed by atoms with Gasteiger partial charge in [0, 0.05) is 0 Å². The van der Waals surface area contributed by atoms with Crippen LogP contribution in [0.5, 0.6) is 0 Å². The maximum atomic E-state index is 3.49. The fourth-order valence-corrected chi connectivity index (χ4v) is 1.81. The van der Waals surface area contributed by atoms with Gasteiger partial charge in [0.05, 0.1) is 0 Å². The molecule has 0 radical (unpaired) electrons. The summed E-state index contributed by atoms with van der Waals surface area (Å²) >= 11 is 6.93. The van der Waals surface area contributed by atoms with Crippen molar-refractivity contribution in [2.24, 2.45) is 0 Å². The zero-order valence-electron chi connectivity index (χ0n) is 6.44. The van der Waals surface area contributed by atoms with Crippen LogP contribution >= 0.6 is 31.9 Å². The number of hydrogen-bond donors (Lipinski definition) is 0. The number of rotatable bonds is 1. The van der Waals surface area contributed by atoms with Crippen LogP contribution in [0.4, 0.5) is 5.58 Å². The van der Waals surface area contributed by atoms with Gasteiger partial charge in [0.1, 0.15) is 0 Å². The van der Waals surface area contributed by atoms with Gasteiger partial charge in [-0.25, -0.2) is 0 Å². The molecular weight excluding hydrogens is 269 g/mol. The van der Waals surface area contributed by atoms with E-state index in [0.29, 0.717) is 0 Å². The molecule has 0 fully saturated rings. The number of halogens is 2. The molecule has 0 unspecified atom stereocenters. The summed E-state index contributed by atoms with van der Waals surface area (Å²) in [5.74, 6) is 2.02. The second-order valence-corrected chi connectivity index (χ2v) is 4.11. The third-order valence-corrected chi connectivity index (χ3v) is 3.44. The predicted molar refractivity (Wildman–Crippen MR) is 57.5 cm³/mol. The summed E-state index contributed by atoms with van der Waals surface area (Å²) in [6.07, 6.45) is 0. The van der Waals surface area contributed by atoms with E-state index in [1.54, 1.807) is 0 Å². The molecule has 1 aromatic rings. The van der Waals surface area contributed by atoms with Gasteiger partial charge in [0.2, 0.25) is 0 Å². The summed E-state index contributed by atoms with van der Waals surface area (Å²) in [5, 5.41) is 0. The number of hydrogen-bond acceptors (Lipinski definition) is 1. The Morgan fingerprint density at radius 1 is 1.36 bits per heavy atom. The van der Waals surface area contributed by atoms with Crippen LogP contribution < -0.4 is 4.90 Å². The van der Waals surface area contributed by atoms with E-state index in [2.05, 4.69) is 43.7 Å². The van der Waals surface area contributed by atoms with Gasteiger partial charge in [-0.15, -0.1) is 0 Å². The Balaban J connectivity index is 3.17. The summed E-state index contributed by atoms with van der Waals surface area (Å²) in [4.78, 5) is 2.06. The summed E-state index contributed by atoms with van der Waals surface area (Å²) in [7, 11) is 4.04. The zero-order chi connectivity index (χ0) is 8.43. The summed E-state index contributed by atoms with van der Waals surface area (Å²) in [5.41, 5.74) is 1.18. The van der Waals surface area contributed by atoms with E-state index in [9.17, 15) is 0 Å². The Bertz CT molecular complexity index is 263. The molecule has 0 saturated carbocycles. The Kier molecular flexibility index (Phi) is 3.13. The predicted octanol–water partition coefficient (Wildman–Crippen LogP) is 2.62. The van der Waals surface area contributed by atoms with Gasteiger partial charge in [-0.3, -0.25) is 0 Å². The maximum absolute atomic E-state index is 3.49. The van der Waals surface area contributed by atoms with Gasteiger partial charge < -0.3 is 0 Å². The first-order chi connectivity index (χ1) is 5.13. The molecule has 0 amide bonds. The van der Waals surface area contributed by atoms with Crippen molar-refractivity contribution >= 4 is 44.4 Å². The molecule has 11 heavy (non-hydrogen) atoms. The van der Waals surface area contributed by atoms with Gasteiger partial charge in [-0.1, -0.05) is 0 Å². The van der Waals surface area contributed by atoms with E-state index in [-0.39, 0.29) is 0 Å². The first kappa shape index (κ1) is 9.26. The van der Waals surface area contributed by atoms with E-state index in [4.69, 9.17) is 0 Å². The van der Waals surface area contributed by atoms with Crippen molar-refractivity contribution in [3.8, 4) is 0 Å². The normalized spacial score (nSPS) is 9.45. The molecule has 0 aliphatic carbocycles. The standard InChI is InChI=1S/C7H8BBr2N/c1-11(2)7-6(10)5(9)3-4-8-7/h3-4H,1-2H3. The Hall–Kier alpha value is 0.175. The molecule has 1 aromatic heterocycles. The first-order valence-electron chi connectivity index (χ1n) is 3.24. The second-order valence-electron chi connectivity index (χ2n) is 2.47. The molecule has 4 heteroatoms. The quantitative estimate of drug-likeness (QED) is 0.762. The number of nitrogens with zero attached hydrogens (tertiary/aromatic N) is 1. The van der Waals surface area contributed by atoms with E-state index in [1.165, 1.54) is 5.58 Å². The molecule has 0 bridgehead atoms. The summed E-state index contributed by atoms with van der Waals surface area (Å²) in [6, 6.07) is 2.01. The molecule has 1 heterocycles. The molecule has 1 nitrogen and oxygen atoms in total. The molecule has 0 saturated heterocycles. The van der Waals surface area contributed by atoms with Gasteiger partial charge in [-0.05, 0) is 0 Å². The van der Waals surface area contributed by atoms with Crippen LogP contribution in [-0.2, 0) is 0 Å². The first-order valence-corrected chi connectivity index (χ1v) is 4.83. The minimum atomic E-state index is 1.09. The molecule has 0 aliphatic rings. The number of anilines is 1. The molecule has 0 spiro atoms. The van der Waals surface area contributed by atoms with Gasteiger partial charge in [0.25, 0.3) is 0 Å². The third-order valence-electron chi connectivity index (χ3n) is 1.41. The van der Waals surface area contributed by atoms with E-state index in [1.807, 2.05) is 26.1 Å². The van der Waals surface area contributed by atoms with Crippen LogP contribution in [0.2, 0.25) is 0 Å². The SMILES string of the molecule is CN(C)c1bccc(Br)c1Br. The van der Waals surface area contributed by atoms with Crippen molar-refractivity contribution in [1.82, 2.24) is 0 Å². The van der Waals surface area contributed by atoms with Crippen molar-refractivity contribution in [2.75, 3.05) is 19.0 Å². The van der Waals surface area contributed by atoms with Crippen LogP contribution in [0.1, 0.15) is 0 Å². The van der Waals surface area contributed by atoms with Crippen molar-refractivity contribution in [3.05, 3.63) is 21.0 Å².